The molecule has 0 spiro atoms. The summed E-state index contributed by atoms with van der Waals surface area (Å²) >= 11 is 6.18. The van der Waals surface area contributed by atoms with Crippen molar-refractivity contribution in [1.82, 2.24) is 10.1 Å². The molecule has 0 saturated carbocycles. The van der Waals surface area contributed by atoms with Crippen LogP contribution in [0.4, 0.5) is 11.4 Å². The fraction of sp³-hybridized carbons (Fsp3) is 0.273. The first kappa shape index (κ1) is 21.6. The van der Waals surface area contributed by atoms with E-state index >= 15 is 0 Å². The van der Waals surface area contributed by atoms with Crippen LogP contribution in [0.1, 0.15) is 12.3 Å². The van der Waals surface area contributed by atoms with Crippen molar-refractivity contribution in [3.8, 4) is 22.9 Å². The number of amides is 2. The molecule has 2 amide bonds. The van der Waals surface area contributed by atoms with E-state index in [1.807, 2.05) is 6.07 Å². The number of methoxy groups -OCH3 is 2. The normalized spacial score (nSPS) is 15.7. The second-order valence-electron chi connectivity index (χ2n) is 7.27. The Morgan fingerprint density at radius 1 is 1.22 bits per heavy atom. The molecule has 1 atom stereocenters. The maximum atomic E-state index is 12.9. The minimum absolute atomic E-state index is 0.0869. The molecule has 1 N–H and O–H groups in total. The van der Waals surface area contributed by atoms with E-state index in [4.69, 9.17) is 25.6 Å². The monoisotopic (exact) mass is 456 g/mol. The minimum atomic E-state index is -0.538. The number of aromatic nitrogens is 2. The van der Waals surface area contributed by atoms with Gasteiger partial charge in [-0.1, -0.05) is 28.9 Å². The van der Waals surface area contributed by atoms with Crippen LogP contribution in [0.3, 0.4) is 0 Å². The molecule has 4 rings (SSSR count). The van der Waals surface area contributed by atoms with Crippen molar-refractivity contribution in [1.29, 1.82) is 0 Å². The number of carbonyl (C=O) groups excluding carboxylic acids is 2. The van der Waals surface area contributed by atoms with Gasteiger partial charge in [-0.3, -0.25) is 9.59 Å². The molecule has 2 aromatic carbocycles. The van der Waals surface area contributed by atoms with Crippen molar-refractivity contribution < 1.29 is 23.6 Å². The van der Waals surface area contributed by atoms with Crippen molar-refractivity contribution in [3.63, 3.8) is 0 Å². The molecule has 0 radical (unpaired) electrons. The van der Waals surface area contributed by atoms with Crippen molar-refractivity contribution >= 4 is 34.8 Å². The van der Waals surface area contributed by atoms with Gasteiger partial charge in [0.1, 0.15) is 11.5 Å². The van der Waals surface area contributed by atoms with Gasteiger partial charge in [0, 0.05) is 37.2 Å². The molecule has 1 aliphatic heterocycles. The molecule has 2 heterocycles. The number of ether oxygens (including phenoxy) is 2. The zero-order valence-electron chi connectivity index (χ0n) is 17.7. The van der Waals surface area contributed by atoms with E-state index < -0.39 is 5.92 Å². The van der Waals surface area contributed by atoms with Crippen LogP contribution in [0.15, 0.2) is 40.9 Å². The first-order chi connectivity index (χ1) is 15.4. The minimum Gasteiger partial charge on any atom is -0.495 e. The quantitative estimate of drug-likeness (QED) is 0.602. The lowest BCUT2D eigenvalue weighted by Crippen LogP contribution is -2.28. The van der Waals surface area contributed by atoms with Crippen LogP contribution in [0.2, 0.25) is 5.02 Å². The molecule has 32 heavy (non-hydrogen) atoms. The van der Waals surface area contributed by atoms with Gasteiger partial charge in [-0.15, -0.1) is 0 Å². The molecular weight excluding hydrogens is 436 g/mol. The van der Waals surface area contributed by atoms with Crippen LogP contribution >= 0.6 is 11.6 Å². The van der Waals surface area contributed by atoms with Gasteiger partial charge in [0.15, 0.2) is 0 Å². The number of benzene rings is 2. The SMILES string of the molecule is COc1cc(OC)c(NC(=O)[C@H]2CC(=O)N(c3cccc(-c4noc(C)n4)c3)C2)cc1Cl. The maximum Gasteiger partial charge on any atom is 0.229 e. The number of halogens is 1. The van der Waals surface area contributed by atoms with Crippen LogP contribution in [0.25, 0.3) is 11.4 Å². The lowest BCUT2D eigenvalue weighted by molar-refractivity contribution is -0.122. The number of hydrogen-bond donors (Lipinski definition) is 1. The smallest absolute Gasteiger partial charge is 0.229 e. The van der Waals surface area contributed by atoms with Gasteiger partial charge >= 0.3 is 0 Å². The second-order valence-corrected chi connectivity index (χ2v) is 7.68. The standard InChI is InChI=1S/C22H21ClN4O5/c1-12-24-21(26-32-12)13-5-4-6-15(7-13)27-11-14(8-20(27)28)22(29)25-17-9-16(23)18(30-2)10-19(17)31-3/h4-7,9-10,14H,8,11H2,1-3H3,(H,25,29)/t14-/m0/s1. The van der Waals surface area contributed by atoms with Gasteiger partial charge in [0.25, 0.3) is 0 Å². The zero-order valence-corrected chi connectivity index (χ0v) is 18.5. The van der Waals surface area contributed by atoms with E-state index in [9.17, 15) is 9.59 Å². The molecular formula is C22H21ClN4O5. The van der Waals surface area contributed by atoms with Crippen molar-refractivity contribution in [3.05, 3.63) is 47.3 Å². The van der Waals surface area contributed by atoms with Crippen molar-refractivity contribution in [2.45, 2.75) is 13.3 Å². The number of hydrogen-bond acceptors (Lipinski definition) is 7. The second kappa shape index (κ2) is 8.88. The molecule has 3 aromatic rings. The first-order valence-corrected chi connectivity index (χ1v) is 10.2. The predicted octanol–water partition coefficient (Wildman–Crippen LogP) is 3.71. The highest BCUT2D eigenvalue weighted by Gasteiger charge is 2.35. The Balaban J connectivity index is 1.51. The Labute approximate surface area is 189 Å². The van der Waals surface area contributed by atoms with E-state index in [0.717, 1.165) is 5.56 Å². The third-order valence-corrected chi connectivity index (χ3v) is 5.47. The summed E-state index contributed by atoms with van der Waals surface area (Å²) in [5.74, 6) is 0.743. The van der Waals surface area contributed by atoms with Gasteiger partial charge in [0.2, 0.25) is 23.5 Å². The fourth-order valence-electron chi connectivity index (χ4n) is 3.55. The molecule has 10 heteroatoms. The topological polar surface area (TPSA) is 107 Å². The summed E-state index contributed by atoms with van der Waals surface area (Å²) in [5.41, 5.74) is 1.79. The van der Waals surface area contributed by atoms with Crippen LogP contribution < -0.4 is 19.7 Å². The third-order valence-electron chi connectivity index (χ3n) is 5.17. The number of anilines is 2. The number of aryl methyl sites for hydroxylation is 1. The first-order valence-electron chi connectivity index (χ1n) is 9.83. The van der Waals surface area contributed by atoms with Crippen molar-refractivity contribution in [2.75, 3.05) is 31.0 Å². The molecule has 0 bridgehead atoms. The molecule has 0 aliphatic carbocycles. The molecule has 1 aromatic heterocycles. The van der Waals surface area contributed by atoms with E-state index in [1.54, 1.807) is 42.2 Å². The molecule has 166 valence electrons. The molecule has 0 unspecified atom stereocenters. The van der Waals surface area contributed by atoms with Gasteiger partial charge < -0.3 is 24.2 Å². The number of nitrogens with one attached hydrogen (secondary N) is 1. The van der Waals surface area contributed by atoms with Gasteiger partial charge in [-0.25, -0.2) is 0 Å². The highest BCUT2D eigenvalue weighted by molar-refractivity contribution is 6.32. The summed E-state index contributed by atoms with van der Waals surface area (Å²) < 4.78 is 15.5. The summed E-state index contributed by atoms with van der Waals surface area (Å²) in [6.07, 6.45) is 0.0869. The van der Waals surface area contributed by atoms with E-state index in [-0.39, 0.29) is 24.8 Å². The number of rotatable bonds is 6. The third kappa shape index (κ3) is 4.24. The Morgan fingerprint density at radius 3 is 2.69 bits per heavy atom. The van der Waals surface area contributed by atoms with E-state index in [0.29, 0.717) is 39.6 Å². The maximum absolute atomic E-state index is 12.9. The number of nitrogens with zero attached hydrogens (tertiary/aromatic N) is 3. The summed E-state index contributed by atoms with van der Waals surface area (Å²) in [5, 5.41) is 7.06. The van der Waals surface area contributed by atoms with Crippen molar-refractivity contribution in [2.24, 2.45) is 5.92 Å². The fourth-order valence-corrected chi connectivity index (χ4v) is 3.80. The van der Waals surface area contributed by atoms with Crippen LogP contribution in [-0.2, 0) is 9.59 Å². The van der Waals surface area contributed by atoms with Gasteiger partial charge in [0.05, 0.1) is 30.8 Å². The van der Waals surface area contributed by atoms with Gasteiger partial charge in [-0.2, -0.15) is 4.98 Å². The highest BCUT2D eigenvalue weighted by atomic mass is 35.5. The average molecular weight is 457 g/mol. The molecule has 1 saturated heterocycles. The average Bonchev–Trinajstić information content (AvgIpc) is 3.40. The molecule has 1 fully saturated rings. The van der Waals surface area contributed by atoms with E-state index in [1.165, 1.54) is 14.2 Å². The lowest BCUT2D eigenvalue weighted by atomic mass is 10.1. The van der Waals surface area contributed by atoms with Gasteiger partial charge in [-0.05, 0) is 18.2 Å². The molecule has 1 aliphatic rings. The summed E-state index contributed by atoms with van der Waals surface area (Å²) in [7, 11) is 2.98. The Morgan fingerprint density at radius 2 is 2.00 bits per heavy atom. The summed E-state index contributed by atoms with van der Waals surface area (Å²) in [4.78, 5) is 31.4. The highest BCUT2D eigenvalue weighted by Crippen LogP contribution is 2.37. The van der Waals surface area contributed by atoms with Crippen LogP contribution in [-0.4, -0.2) is 42.7 Å². The lowest BCUT2D eigenvalue weighted by Gasteiger charge is -2.18. The Bertz CT molecular complexity index is 1180. The van der Waals surface area contributed by atoms with Crippen LogP contribution in [0.5, 0.6) is 11.5 Å². The molecule has 9 nitrogen and oxygen atoms in total. The largest absolute Gasteiger partial charge is 0.495 e. The van der Waals surface area contributed by atoms with Crippen LogP contribution in [0, 0.1) is 12.8 Å². The Kier molecular flexibility index (Phi) is 6.00. The predicted molar refractivity (Wildman–Crippen MR) is 118 cm³/mol. The summed E-state index contributed by atoms with van der Waals surface area (Å²) in [6, 6.07) is 10.4. The summed E-state index contributed by atoms with van der Waals surface area (Å²) in [6.45, 7) is 1.95. The van der Waals surface area contributed by atoms with E-state index in [2.05, 4.69) is 15.5 Å². The zero-order chi connectivity index (χ0) is 22.8. The Hall–Kier alpha value is -3.59. The number of carbonyl (C=O) groups is 2.